The molecule has 0 heterocycles. The first-order valence-electron chi connectivity index (χ1n) is 5.29. The summed E-state index contributed by atoms with van der Waals surface area (Å²) in [5.74, 6) is 5.61. The van der Waals surface area contributed by atoms with Crippen molar-refractivity contribution < 1.29 is 0 Å². The molecule has 1 atom stereocenters. The van der Waals surface area contributed by atoms with Gasteiger partial charge in [-0.1, -0.05) is 53.0 Å². The second-order valence-electron chi connectivity index (χ2n) is 3.79. The molecular formula is C13H11Cl3N2. The van der Waals surface area contributed by atoms with E-state index < -0.39 is 0 Å². The first-order valence-corrected chi connectivity index (χ1v) is 6.42. The molecule has 0 saturated heterocycles. The summed E-state index contributed by atoms with van der Waals surface area (Å²) in [5.41, 5.74) is 4.36. The van der Waals surface area contributed by atoms with Crippen LogP contribution in [0.25, 0.3) is 0 Å². The van der Waals surface area contributed by atoms with E-state index in [9.17, 15) is 0 Å². The van der Waals surface area contributed by atoms with E-state index in [4.69, 9.17) is 40.6 Å². The predicted molar refractivity (Wildman–Crippen MR) is 77.1 cm³/mol. The van der Waals surface area contributed by atoms with Crippen LogP contribution < -0.4 is 11.3 Å². The Balaban J connectivity index is 2.52. The second kappa shape index (κ2) is 5.91. The van der Waals surface area contributed by atoms with E-state index in [2.05, 4.69) is 5.43 Å². The molecule has 2 nitrogen and oxygen atoms in total. The fourth-order valence-electron chi connectivity index (χ4n) is 1.79. The standard InChI is InChI=1S/C13H11Cl3N2/c14-8-5-6-12(16)10(7-8)13(18-17)9-3-1-2-4-11(9)15/h1-7,13,18H,17H2. The molecule has 18 heavy (non-hydrogen) atoms. The number of nitrogens with one attached hydrogen (secondary N) is 1. The zero-order chi connectivity index (χ0) is 13.1. The molecule has 5 heteroatoms. The van der Waals surface area contributed by atoms with Crippen molar-refractivity contribution in [2.45, 2.75) is 6.04 Å². The van der Waals surface area contributed by atoms with E-state index >= 15 is 0 Å². The molecule has 3 N–H and O–H groups in total. The fraction of sp³-hybridized carbons (Fsp3) is 0.0769. The first kappa shape index (κ1) is 13.7. The minimum atomic E-state index is -0.301. The van der Waals surface area contributed by atoms with Gasteiger partial charge in [0.15, 0.2) is 0 Å². The molecule has 94 valence electrons. The SMILES string of the molecule is NNC(c1ccccc1Cl)c1cc(Cl)ccc1Cl. The number of hydrogen-bond acceptors (Lipinski definition) is 2. The molecule has 1 unspecified atom stereocenters. The normalized spacial score (nSPS) is 12.4. The van der Waals surface area contributed by atoms with Crippen LogP contribution in [0.1, 0.15) is 17.2 Å². The van der Waals surface area contributed by atoms with E-state index in [0.29, 0.717) is 15.1 Å². The van der Waals surface area contributed by atoms with Crippen molar-refractivity contribution in [2.75, 3.05) is 0 Å². The average Bonchev–Trinajstić information content (AvgIpc) is 2.36. The van der Waals surface area contributed by atoms with Gasteiger partial charge < -0.3 is 0 Å². The molecule has 0 radical (unpaired) electrons. The highest BCUT2D eigenvalue weighted by Crippen LogP contribution is 2.33. The van der Waals surface area contributed by atoms with Crippen LogP contribution in [0.15, 0.2) is 42.5 Å². The number of nitrogens with two attached hydrogens (primary N) is 1. The van der Waals surface area contributed by atoms with Gasteiger partial charge in [-0.25, -0.2) is 5.43 Å². The topological polar surface area (TPSA) is 38.0 Å². The van der Waals surface area contributed by atoms with Gasteiger partial charge in [-0.2, -0.15) is 0 Å². The van der Waals surface area contributed by atoms with Crippen molar-refractivity contribution in [3.63, 3.8) is 0 Å². The molecular weight excluding hydrogens is 291 g/mol. The zero-order valence-corrected chi connectivity index (χ0v) is 11.6. The number of halogens is 3. The van der Waals surface area contributed by atoms with Gasteiger partial charge in [0.2, 0.25) is 0 Å². The Morgan fingerprint density at radius 1 is 0.889 bits per heavy atom. The molecule has 0 spiro atoms. The molecule has 0 aromatic heterocycles. The molecule has 0 aliphatic rings. The summed E-state index contributed by atoms with van der Waals surface area (Å²) in [6, 6.07) is 12.4. The lowest BCUT2D eigenvalue weighted by molar-refractivity contribution is 0.637. The van der Waals surface area contributed by atoms with Gasteiger partial charge in [0.25, 0.3) is 0 Å². The molecule has 0 aliphatic heterocycles. The second-order valence-corrected chi connectivity index (χ2v) is 5.04. The highest BCUT2D eigenvalue weighted by Gasteiger charge is 2.18. The maximum atomic E-state index is 6.17. The van der Waals surface area contributed by atoms with Gasteiger partial charge in [-0.15, -0.1) is 0 Å². The van der Waals surface area contributed by atoms with Crippen LogP contribution in [0.3, 0.4) is 0 Å². The van der Waals surface area contributed by atoms with Crippen LogP contribution in [0, 0.1) is 0 Å². The zero-order valence-electron chi connectivity index (χ0n) is 9.33. The Labute approximate surface area is 121 Å². The highest BCUT2D eigenvalue weighted by atomic mass is 35.5. The third kappa shape index (κ3) is 2.79. The van der Waals surface area contributed by atoms with E-state index in [1.54, 1.807) is 24.3 Å². The summed E-state index contributed by atoms with van der Waals surface area (Å²) in [4.78, 5) is 0. The maximum absolute atomic E-state index is 6.17. The minimum absolute atomic E-state index is 0.301. The van der Waals surface area contributed by atoms with Gasteiger partial charge in [0, 0.05) is 15.1 Å². The smallest absolute Gasteiger partial charge is 0.0739 e. The third-order valence-corrected chi connectivity index (χ3v) is 3.58. The molecule has 0 fully saturated rings. The molecule has 0 bridgehead atoms. The van der Waals surface area contributed by atoms with Crippen molar-refractivity contribution in [1.29, 1.82) is 0 Å². The lowest BCUT2D eigenvalue weighted by Crippen LogP contribution is -2.29. The fourth-order valence-corrected chi connectivity index (χ4v) is 2.44. The number of hydrogen-bond donors (Lipinski definition) is 2. The van der Waals surface area contributed by atoms with E-state index in [-0.39, 0.29) is 6.04 Å². The van der Waals surface area contributed by atoms with Crippen LogP contribution in [0.5, 0.6) is 0 Å². The molecule has 2 aromatic rings. The summed E-state index contributed by atoms with van der Waals surface area (Å²) in [7, 11) is 0. The average molecular weight is 302 g/mol. The summed E-state index contributed by atoms with van der Waals surface area (Å²) in [5, 5.41) is 1.81. The van der Waals surface area contributed by atoms with Crippen molar-refractivity contribution in [1.82, 2.24) is 5.43 Å². The van der Waals surface area contributed by atoms with E-state index in [0.717, 1.165) is 11.1 Å². The first-order chi connectivity index (χ1) is 8.63. The third-order valence-electron chi connectivity index (χ3n) is 2.65. The lowest BCUT2D eigenvalue weighted by Gasteiger charge is -2.19. The van der Waals surface area contributed by atoms with E-state index in [1.165, 1.54) is 0 Å². The molecule has 0 aliphatic carbocycles. The monoisotopic (exact) mass is 300 g/mol. The van der Waals surface area contributed by atoms with Crippen LogP contribution >= 0.6 is 34.8 Å². The van der Waals surface area contributed by atoms with Gasteiger partial charge in [-0.05, 0) is 35.4 Å². The Bertz CT molecular complexity index is 558. The lowest BCUT2D eigenvalue weighted by atomic mass is 9.99. The molecule has 2 rings (SSSR count). The number of rotatable bonds is 3. The summed E-state index contributed by atoms with van der Waals surface area (Å²) in [6.07, 6.45) is 0. The van der Waals surface area contributed by atoms with E-state index in [1.807, 2.05) is 18.2 Å². The highest BCUT2D eigenvalue weighted by molar-refractivity contribution is 6.34. The van der Waals surface area contributed by atoms with Crippen molar-refractivity contribution >= 4 is 34.8 Å². The Morgan fingerprint density at radius 3 is 2.22 bits per heavy atom. The van der Waals surface area contributed by atoms with Crippen molar-refractivity contribution in [2.24, 2.45) is 5.84 Å². The van der Waals surface area contributed by atoms with Crippen LogP contribution in [0.2, 0.25) is 15.1 Å². The van der Waals surface area contributed by atoms with Gasteiger partial charge in [0.1, 0.15) is 0 Å². The summed E-state index contributed by atoms with van der Waals surface area (Å²) >= 11 is 18.3. The molecule has 2 aromatic carbocycles. The van der Waals surface area contributed by atoms with Crippen molar-refractivity contribution in [3.8, 4) is 0 Å². The largest absolute Gasteiger partial charge is 0.271 e. The Morgan fingerprint density at radius 2 is 1.56 bits per heavy atom. The van der Waals surface area contributed by atoms with Gasteiger partial charge in [-0.3, -0.25) is 5.84 Å². The van der Waals surface area contributed by atoms with Crippen LogP contribution in [-0.4, -0.2) is 0 Å². The summed E-state index contributed by atoms with van der Waals surface area (Å²) in [6.45, 7) is 0. The minimum Gasteiger partial charge on any atom is -0.271 e. The predicted octanol–water partition coefficient (Wildman–Crippen LogP) is 4.20. The van der Waals surface area contributed by atoms with Crippen LogP contribution in [0.4, 0.5) is 0 Å². The molecule has 0 saturated carbocycles. The number of hydrazine groups is 1. The maximum Gasteiger partial charge on any atom is 0.0739 e. The molecule has 0 amide bonds. The van der Waals surface area contributed by atoms with Crippen LogP contribution in [-0.2, 0) is 0 Å². The summed E-state index contributed by atoms with van der Waals surface area (Å²) < 4.78 is 0. The van der Waals surface area contributed by atoms with Gasteiger partial charge in [0.05, 0.1) is 6.04 Å². The Hall–Kier alpha value is -0.770. The Kier molecular flexibility index (Phi) is 4.49. The van der Waals surface area contributed by atoms with Crippen molar-refractivity contribution in [3.05, 3.63) is 68.7 Å². The number of benzene rings is 2. The van der Waals surface area contributed by atoms with Gasteiger partial charge >= 0.3 is 0 Å². The quantitative estimate of drug-likeness (QED) is 0.658.